The molecule has 0 radical (unpaired) electrons. The van der Waals surface area contributed by atoms with E-state index in [1.165, 1.54) is 5.56 Å². The Labute approximate surface area is 86.4 Å². The minimum Gasteiger partial charge on any atom is -0.489 e. The molecule has 0 fully saturated rings. The van der Waals surface area contributed by atoms with E-state index in [4.69, 9.17) is 4.74 Å². The van der Waals surface area contributed by atoms with E-state index in [1.54, 1.807) is 0 Å². The van der Waals surface area contributed by atoms with Gasteiger partial charge in [-0.1, -0.05) is 44.2 Å². The van der Waals surface area contributed by atoms with Gasteiger partial charge in [0.05, 0.1) is 0 Å². The summed E-state index contributed by atoms with van der Waals surface area (Å²) in [5, 5.41) is 0. The third-order valence-corrected chi connectivity index (χ3v) is 2.11. The minimum atomic E-state index is 0.511. The maximum absolute atomic E-state index is 5.65. The molecule has 1 aromatic carbocycles. The first kappa shape index (κ1) is 10.8. The molecule has 0 saturated carbocycles. The highest BCUT2D eigenvalue weighted by Gasteiger charge is 2.05. The Morgan fingerprint density at radius 3 is 2.64 bits per heavy atom. The highest BCUT2D eigenvalue weighted by Crippen LogP contribution is 2.25. The summed E-state index contributed by atoms with van der Waals surface area (Å²) in [4.78, 5) is 0. The van der Waals surface area contributed by atoms with Crippen molar-refractivity contribution in [1.82, 2.24) is 0 Å². The summed E-state index contributed by atoms with van der Waals surface area (Å²) in [5.74, 6) is 1.51. The number of allylic oxidation sites excluding steroid dienone is 1. The van der Waals surface area contributed by atoms with E-state index in [9.17, 15) is 0 Å². The van der Waals surface area contributed by atoms with Gasteiger partial charge in [0.2, 0.25) is 0 Å². The second-order valence-electron chi connectivity index (χ2n) is 3.57. The minimum absolute atomic E-state index is 0.511. The van der Waals surface area contributed by atoms with Crippen LogP contribution < -0.4 is 4.74 Å². The molecule has 0 aliphatic heterocycles. The standard InChI is InChI=1S/C13H18O/c1-4-5-10-14-13-9-7-6-8-12(13)11(2)3/h4-9,11H,10H2,1-3H3. The lowest BCUT2D eigenvalue weighted by Gasteiger charge is -2.12. The molecule has 0 amide bonds. The van der Waals surface area contributed by atoms with Crippen LogP contribution in [0.5, 0.6) is 5.75 Å². The Morgan fingerprint density at radius 1 is 1.29 bits per heavy atom. The smallest absolute Gasteiger partial charge is 0.123 e. The van der Waals surface area contributed by atoms with Crippen LogP contribution in [0.4, 0.5) is 0 Å². The second kappa shape index (κ2) is 5.48. The molecule has 0 unspecified atom stereocenters. The molecule has 1 nitrogen and oxygen atoms in total. The van der Waals surface area contributed by atoms with E-state index in [1.807, 2.05) is 31.2 Å². The summed E-state index contributed by atoms with van der Waals surface area (Å²) in [5.41, 5.74) is 1.28. The van der Waals surface area contributed by atoms with Gasteiger partial charge in [-0.2, -0.15) is 0 Å². The third kappa shape index (κ3) is 2.91. The summed E-state index contributed by atoms with van der Waals surface area (Å²) >= 11 is 0. The fourth-order valence-corrected chi connectivity index (χ4v) is 1.32. The maximum atomic E-state index is 5.65. The predicted octanol–water partition coefficient (Wildman–Crippen LogP) is 3.76. The van der Waals surface area contributed by atoms with Gasteiger partial charge >= 0.3 is 0 Å². The van der Waals surface area contributed by atoms with E-state index in [0.29, 0.717) is 12.5 Å². The first-order valence-electron chi connectivity index (χ1n) is 5.08. The van der Waals surface area contributed by atoms with Crippen molar-refractivity contribution >= 4 is 0 Å². The summed E-state index contributed by atoms with van der Waals surface area (Å²) in [7, 11) is 0. The highest BCUT2D eigenvalue weighted by atomic mass is 16.5. The lowest BCUT2D eigenvalue weighted by molar-refractivity contribution is 0.357. The number of hydrogen-bond acceptors (Lipinski definition) is 1. The largest absolute Gasteiger partial charge is 0.489 e. The number of hydrogen-bond donors (Lipinski definition) is 0. The van der Waals surface area contributed by atoms with Crippen LogP contribution in [-0.2, 0) is 0 Å². The molecule has 1 rings (SSSR count). The average molecular weight is 190 g/mol. The quantitative estimate of drug-likeness (QED) is 0.657. The first-order valence-corrected chi connectivity index (χ1v) is 5.08. The number of ether oxygens (including phenoxy) is 1. The van der Waals surface area contributed by atoms with Crippen molar-refractivity contribution in [2.45, 2.75) is 26.7 Å². The number of rotatable bonds is 4. The molecular weight excluding hydrogens is 172 g/mol. The van der Waals surface area contributed by atoms with Crippen LogP contribution in [0.3, 0.4) is 0 Å². The third-order valence-electron chi connectivity index (χ3n) is 2.11. The van der Waals surface area contributed by atoms with Crippen LogP contribution in [0.2, 0.25) is 0 Å². The fourth-order valence-electron chi connectivity index (χ4n) is 1.32. The van der Waals surface area contributed by atoms with Gasteiger partial charge in [0.15, 0.2) is 0 Å². The van der Waals surface area contributed by atoms with E-state index in [2.05, 4.69) is 26.0 Å². The van der Waals surface area contributed by atoms with Gasteiger partial charge in [-0.25, -0.2) is 0 Å². The molecule has 0 aliphatic carbocycles. The predicted molar refractivity (Wildman–Crippen MR) is 60.8 cm³/mol. The van der Waals surface area contributed by atoms with Crippen molar-refractivity contribution in [2.24, 2.45) is 0 Å². The molecule has 0 saturated heterocycles. The van der Waals surface area contributed by atoms with E-state index in [0.717, 1.165) is 5.75 Å². The van der Waals surface area contributed by atoms with Crippen LogP contribution in [0, 0.1) is 0 Å². The zero-order chi connectivity index (χ0) is 10.4. The van der Waals surface area contributed by atoms with Gasteiger partial charge in [0.1, 0.15) is 12.4 Å². The molecule has 0 aromatic heterocycles. The number of para-hydroxylation sites is 1. The van der Waals surface area contributed by atoms with Gasteiger partial charge in [0, 0.05) is 0 Å². The van der Waals surface area contributed by atoms with Gasteiger partial charge in [0.25, 0.3) is 0 Å². The second-order valence-corrected chi connectivity index (χ2v) is 3.57. The maximum Gasteiger partial charge on any atom is 0.123 e. The Hall–Kier alpha value is -1.24. The molecule has 0 aliphatic rings. The average Bonchev–Trinajstić information content (AvgIpc) is 2.19. The van der Waals surface area contributed by atoms with Gasteiger partial charge < -0.3 is 4.74 Å². The number of benzene rings is 1. The summed E-state index contributed by atoms with van der Waals surface area (Å²) < 4.78 is 5.65. The van der Waals surface area contributed by atoms with E-state index < -0.39 is 0 Å². The van der Waals surface area contributed by atoms with Gasteiger partial charge in [-0.15, -0.1) is 0 Å². The molecule has 0 bridgehead atoms. The van der Waals surface area contributed by atoms with Crippen molar-refractivity contribution in [1.29, 1.82) is 0 Å². The van der Waals surface area contributed by atoms with Crippen LogP contribution in [0.15, 0.2) is 36.4 Å². The van der Waals surface area contributed by atoms with E-state index >= 15 is 0 Å². The van der Waals surface area contributed by atoms with Crippen LogP contribution >= 0.6 is 0 Å². The first-order chi connectivity index (χ1) is 6.75. The molecule has 0 heterocycles. The van der Waals surface area contributed by atoms with Gasteiger partial charge in [-0.3, -0.25) is 0 Å². The molecule has 1 heteroatoms. The monoisotopic (exact) mass is 190 g/mol. The van der Waals surface area contributed by atoms with Crippen molar-refractivity contribution in [2.75, 3.05) is 6.61 Å². The SMILES string of the molecule is CC=CCOc1ccccc1C(C)C. The molecule has 1 aromatic rings. The zero-order valence-electron chi connectivity index (χ0n) is 9.16. The molecular formula is C13H18O. The lowest BCUT2D eigenvalue weighted by atomic mass is 10.0. The molecule has 0 atom stereocenters. The molecule has 76 valence electrons. The summed E-state index contributed by atoms with van der Waals surface area (Å²) in [6.07, 6.45) is 4.01. The summed E-state index contributed by atoms with van der Waals surface area (Å²) in [6, 6.07) is 8.21. The van der Waals surface area contributed by atoms with Crippen molar-refractivity contribution < 1.29 is 4.74 Å². The van der Waals surface area contributed by atoms with Gasteiger partial charge in [-0.05, 0) is 24.5 Å². The lowest BCUT2D eigenvalue weighted by Crippen LogP contribution is -1.98. The molecule has 0 spiro atoms. The summed E-state index contributed by atoms with van der Waals surface area (Å²) in [6.45, 7) is 7.01. The van der Waals surface area contributed by atoms with Crippen molar-refractivity contribution in [3.8, 4) is 5.75 Å². The Bertz CT molecular complexity index is 300. The Balaban J connectivity index is 2.74. The van der Waals surface area contributed by atoms with Crippen LogP contribution in [-0.4, -0.2) is 6.61 Å². The van der Waals surface area contributed by atoms with Crippen molar-refractivity contribution in [3.05, 3.63) is 42.0 Å². The Morgan fingerprint density at radius 2 is 2.00 bits per heavy atom. The Kier molecular flexibility index (Phi) is 4.24. The van der Waals surface area contributed by atoms with Crippen LogP contribution in [0.1, 0.15) is 32.3 Å². The molecule has 0 N–H and O–H groups in total. The zero-order valence-corrected chi connectivity index (χ0v) is 9.16. The normalized spacial score (nSPS) is 11.1. The van der Waals surface area contributed by atoms with E-state index in [-0.39, 0.29) is 0 Å². The molecule has 14 heavy (non-hydrogen) atoms. The topological polar surface area (TPSA) is 9.23 Å². The van der Waals surface area contributed by atoms with Crippen molar-refractivity contribution in [3.63, 3.8) is 0 Å². The van der Waals surface area contributed by atoms with Crippen LogP contribution in [0.25, 0.3) is 0 Å². The fraction of sp³-hybridized carbons (Fsp3) is 0.385. The highest BCUT2D eigenvalue weighted by molar-refractivity contribution is 5.35.